The second-order valence-electron chi connectivity index (χ2n) is 4.39. The Kier molecular flexibility index (Phi) is 3.12. The van der Waals surface area contributed by atoms with Crippen LogP contribution >= 0.6 is 0 Å². The number of carbonyl (C=O) groups is 2. The minimum Gasteiger partial charge on any atom is -0.481 e. The third kappa shape index (κ3) is 2.30. The molecular weight excluding hydrogens is 222 g/mol. The summed E-state index contributed by atoms with van der Waals surface area (Å²) in [6.07, 6.45) is 4.07. The van der Waals surface area contributed by atoms with E-state index in [-0.39, 0.29) is 17.9 Å². The zero-order chi connectivity index (χ0) is 12.4. The average molecular weight is 237 g/mol. The second-order valence-corrected chi connectivity index (χ2v) is 4.39. The van der Waals surface area contributed by atoms with E-state index in [1.807, 2.05) is 6.92 Å². The summed E-state index contributed by atoms with van der Waals surface area (Å²) in [5, 5.41) is 15.3. The quantitative estimate of drug-likeness (QED) is 0.794. The lowest BCUT2D eigenvalue weighted by Crippen LogP contribution is -2.45. The van der Waals surface area contributed by atoms with Gasteiger partial charge in [-0.05, 0) is 19.8 Å². The summed E-state index contributed by atoms with van der Waals surface area (Å²) < 4.78 is 0. The van der Waals surface area contributed by atoms with Gasteiger partial charge in [-0.25, -0.2) is 0 Å². The number of hydrogen-bond donors (Lipinski definition) is 2. The van der Waals surface area contributed by atoms with Crippen molar-refractivity contribution >= 4 is 11.9 Å². The number of aromatic nitrogens is 2. The Morgan fingerprint density at radius 2 is 2.35 bits per heavy atom. The van der Waals surface area contributed by atoms with Crippen LogP contribution in [0.4, 0.5) is 0 Å². The van der Waals surface area contributed by atoms with Crippen molar-refractivity contribution in [2.24, 2.45) is 5.92 Å². The molecule has 17 heavy (non-hydrogen) atoms. The molecule has 1 fully saturated rings. The third-order valence-electron chi connectivity index (χ3n) is 3.23. The van der Waals surface area contributed by atoms with Crippen molar-refractivity contribution in [3.8, 4) is 0 Å². The number of carbonyl (C=O) groups excluding carboxylic acids is 1. The van der Waals surface area contributed by atoms with Gasteiger partial charge in [0.05, 0.1) is 17.7 Å². The molecule has 6 heteroatoms. The summed E-state index contributed by atoms with van der Waals surface area (Å²) in [5.74, 6) is -1.19. The molecule has 2 N–H and O–H groups in total. The maximum absolute atomic E-state index is 12.1. The Morgan fingerprint density at radius 3 is 2.88 bits per heavy atom. The number of carboxylic acids is 1. The number of aromatic amines is 1. The van der Waals surface area contributed by atoms with Gasteiger partial charge in [0.25, 0.3) is 5.91 Å². The highest BCUT2D eigenvalue weighted by molar-refractivity contribution is 5.94. The first-order valence-corrected chi connectivity index (χ1v) is 5.62. The molecule has 1 aliphatic rings. The van der Waals surface area contributed by atoms with Crippen LogP contribution in [0, 0.1) is 5.92 Å². The molecule has 2 heterocycles. The van der Waals surface area contributed by atoms with Gasteiger partial charge >= 0.3 is 5.97 Å². The van der Waals surface area contributed by atoms with Crippen molar-refractivity contribution < 1.29 is 14.7 Å². The van der Waals surface area contributed by atoms with Crippen molar-refractivity contribution in [2.75, 3.05) is 6.54 Å². The number of carboxylic acid groups (broad SMARTS) is 1. The van der Waals surface area contributed by atoms with E-state index in [0.717, 1.165) is 0 Å². The molecule has 0 aliphatic carbocycles. The smallest absolute Gasteiger partial charge is 0.306 e. The largest absolute Gasteiger partial charge is 0.481 e. The molecule has 2 unspecified atom stereocenters. The molecule has 0 aromatic carbocycles. The molecule has 2 rings (SSSR count). The molecule has 0 bridgehead atoms. The lowest BCUT2D eigenvalue weighted by molar-refractivity contribution is -0.143. The maximum Gasteiger partial charge on any atom is 0.306 e. The van der Waals surface area contributed by atoms with Crippen LogP contribution in [0.2, 0.25) is 0 Å². The van der Waals surface area contributed by atoms with E-state index in [2.05, 4.69) is 10.2 Å². The Morgan fingerprint density at radius 1 is 1.59 bits per heavy atom. The highest BCUT2D eigenvalue weighted by atomic mass is 16.4. The first-order valence-electron chi connectivity index (χ1n) is 5.62. The van der Waals surface area contributed by atoms with Gasteiger partial charge in [0.15, 0.2) is 0 Å². The van der Waals surface area contributed by atoms with Crippen LogP contribution in [0.5, 0.6) is 0 Å². The van der Waals surface area contributed by atoms with Gasteiger partial charge in [0.1, 0.15) is 0 Å². The van der Waals surface area contributed by atoms with Crippen molar-refractivity contribution in [3.63, 3.8) is 0 Å². The number of amides is 1. The lowest BCUT2D eigenvalue weighted by Gasteiger charge is -2.36. The van der Waals surface area contributed by atoms with Crippen LogP contribution in [0.15, 0.2) is 12.4 Å². The first-order chi connectivity index (χ1) is 8.09. The van der Waals surface area contributed by atoms with Gasteiger partial charge in [0.2, 0.25) is 0 Å². The highest BCUT2D eigenvalue weighted by Crippen LogP contribution is 2.24. The molecule has 6 nitrogen and oxygen atoms in total. The van der Waals surface area contributed by atoms with Gasteiger partial charge in [-0.15, -0.1) is 0 Å². The Bertz CT molecular complexity index is 416. The van der Waals surface area contributed by atoms with E-state index in [9.17, 15) is 9.59 Å². The van der Waals surface area contributed by atoms with Crippen molar-refractivity contribution in [1.29, 1.82) is 0 Å². The van der Waals surface area contributed by atoms with Crippen LogP contribution < -0.4 is 0 Å². The van der Waals surface area contributed by atoms with E-state index < -0.39 is 5.97 Å². The van der Waals surface area contributed by atoms with Crippen molar-refractivity contribution in [1.82, 2.24) is 15.1 Å². The number of aliphatic carboxylic acids is 1. The summed E-state index contributed by atoms with van der Waals surface area (Å²) in [6, 6.07) is -0.0488. The zero-order valence-electron chi connectivity index (χ0n) is 9.59. The van der Waals surface area contributed by atoms with Gasteiger partial charge in [-0.3, -0.25) is 14.7 Å². The van der Waals surface area contributed by atoms with E-state index in [0.29, 0.717) is 24.9 Å². The monoisotopic (exact) mass is 237 g/mol. The molecule has 0 radical (unpaired) electrons. The number of nitrogens with one attached hydrogen (secondary N) is 1. The summed E-state index contributed by atoms with van der Waals surface area (Å²) >= 11 is 0. The summed E-state index contributed by atoms with van der Waals surface area (Å²) in [7, 11) is 0. The van der Waals surface area contributed by atoms with Crippen molar-refractivity contribution in [3.05, 3.63) is 18.0 Å². The van der Waals surface area contributed by atoms with Crippen LogP contribution in [-0.4, -0.2) is 44.7 Å². The van der Waals surface area contributed by atoms with E-state index in [1.165, 1.54) is 6.20 Å². The Balaban J connectivity index is 2.05. The molecule has 1 aliphatic heterocycles. The van der Waals surface area contributed by atoms with Gasteiger partial charge in [-0.2, -0.15) is 5.10 Å². The topological polar surface area (TPSA) is 86.3 Å². The lowest BCUT2D eigenvalue weighted by atomic mass is 9.91. The average Bonchev–Trinajstić information content (AvgIpc) is 2.81. The molecule has 2 atom stereocenters. The molecule has 1 saturated heterocycles. The fraction of sp³-hybridized carbons (Fsp3) is 0.545. The van der Waals surface area contributed by atoms with Crippen LogP contribution in [-0.2, 0) is 4.79 Å². The summed E-state index contributed by atoms with van der Waals surface area (Å²) in [4.78, 5) is 24.7. The fourth-order valence-corrected chi connectivity index (χ4v) is 2.23. The Hall–Kier alpha value is -1.85. The minimum atomic E-state index is -0.771. The molecule has 92 valence electrons. The predicted molar refractivity (Wildman–Crippen MR) is 59.4 cm³/mol. The molecular formula is C11H15N3O3. The number of hydrogen-bond acceptors (Lipinski definition) is 3. The van der Waals surface area contributed by atoms with Crippen LogP contribution in [0.1, 0.15) is 30.1 Å². The summed E-state index contributed by atoms with van der Waals surface area (Å²) in [5.41, 5.74) is 0.519. The molecule has 1 aromatic rings. The minimum absolute atomic E-state index is 0.0488. The van der Waals surface area contributed by atoms with Crippen LogP contribution in [0.25, 0.3) is 0 Å². The molecule has 0 saturated carbocycles. The van der Waals surface area contributed by atoms with Crippen LogP contribution in [0.3, 0.4) is 0 Å². The second kappa shape index (κ2) is 4.57. The standard InChI is InChI=1S/C11H15N3O3/c1-7-4-8(11(16)17)2-3-14(7)10(15)9-5-12-13-6-9/h5-8H,2-4H2,1H3,(H,12,13)(H,16,17). The number of likely N-dealkylation sites (tertiary alicyclic amines) is 1. The SMILES string of the molecule is CC1CC(C(=O)O)CCN1C(=O)c1cn[nH]c1. The fourth-order valence-electron chi connectivity index (χ4n) is 2.23. The predicted octanol–water partition coefficient (Wildman–Crippen LogP) is 0.735. The number of nitrogens with zero attached hydrogens (tertiary/aromatic N) is 2. The van der Waals surface area contributed by atoms with E-state index in [4.69, 9.17) is 5.11 Å². The van der Waals surface area contributed by atoms with E-state index >= 15 is 0 Å². The highest BCUT2D eigenvalue weighted by Gasteiger charge is 2.32. The van der Waals surface area contributed by atoms with Crippen molar-refractivity contribution in [2.45, 2.75) is 25.8 Å². The third-order valence-corrected chi connectivity index (χ3v) is 3.23. The molecule has 0 spiro atoms. The molecule has 1 aromatic heterocycles. The van der Waals surface area contributed by atoms with Gasteiger partial charge in [-0.1, -0.05) is 0 Å². The molecule has 1 amide bonds. The van der Waals surface area contributed by atoms with Gasteiger partial charge in [0, 0.05) is 18.8 Å². The zero-order valence-corrected chi connectivity index (χ0v) is 9.59. The first kappa shape index (κ1) is 11.6. The van der Waals surface area contributed by atoms with E-state index in [1.54, 1.807) is 11.1 Å². The van der Waals surface area contributed by atoms with Gasteiger partial charge < -0.3 is 10.0 Å². The number of H-pyrrole nitrogens is 1. The Labute approximate surface area is 98.6 Å². The maximum atomic E-state index is 12.1. The number of piperidine rings is 1. The number of rotatable bonds is 2. The summed E-state index contributed by atoms with van der Waals surface area (Å²) in [6.45, 7) is 2.37. The normalized spacial score (nSPS) is 24.6.